The zero-order chi connectivity index (χ0) is 16.3. The Morgan fingerprint density at radius 2 is 1.82 bits per heavy atom. The summed E-state index contributed by atoms with van der Waals surface area (Å²) in [6.45, 7) is 1.71. The highest BCUT2D eigenvalue weighted by molar-refractivity contribution is 7.89. The van der Waals surface area contributed by atoms with Gasteiger partial charge in [-0.3, -0.25) is 0 Å². The van der Waals surface area contributed by atoms with Crippen molar-refractivity contribution in [1.29, 1.82) is 0 Å². The molecule has 1 atom stereocenters. The number of sulfonamides is 1. The molecule has 2 N–H and O–H groups in total. The Balaban J connectivity index is 2.31. The second-order valence-corrected chi connectivity index (χ2v) is 6.82. The maximum atomic E-state index is 12.4. The number of carboxylic acid groups (broad SMARTS) is 1. The van der Waals surface area contributed by atoms with Gasteiger partial charge in [0.15, 0.2) is 0 Å². The van der Waals surface area contributed by atoms with E-state index in [1.165, 1.54) is 12.1 Å². The summed E-state index contributed by atoms with van der Waals surface area (Å²) in [7, 11) is -3.85. The number of carbonyl (C=O) groups is 1. The molecule has 2 aromatic carbocycles. The first kappa shape index (κ1) is 16.5. The molecule has 7 heteroatoms. The molecule has 0 bridgehead atoms. The monoisotopic (exact) mass is 339 g/mol. The summed E-state index contributed by atoms with van der Waals surface area (Å²) in [6, 6.07) is 12.2. The Kier molecular flexibility index (Phi) is 4.85. The number of benzene rings is 2. The maximum Gasteiger partial charge on any atom is 0.337 e. The number of carboxylic acids is 1. The van der Waals surface area contributed by atoms with Crippen molar-refractivity contribution in [2.45, 2.75) is 17.9 Å². The van der Waals surface area contributed by atoms with E-state index in [0.717, 1.165) is 11.6 Å². The third-order valence-corrected chi connectivity index (χ3v) is 4.98. The van der Waals surface area contributed by atoms with Crippen LogP contribution in [0.5, 0.6) is 0 Å². The van der Waals surface area contributed by atoms with Gasteiger partial charge in [-0.1, -0.05) is 41.9 Å². The molecule has 0 saturated carbocycles. The minimum atomic E-state index is -3.85. The summed E-state index contributed by atoms with van der Waals surface area (Å²) in [5.74, 6) is -1.28. The number of hydrogen-bond donors (Lipinski definition) is 2. The summed E-state index contributed by atoms with van der Waals surface area (Å²) in [4.78, 5) is 10.9. The summed E-state index contributed by atoms with van der Waals surface area (Å²) in [5, 5.41) is 9.00. The molecular weight excluding hydrogens is 326 g/mol. The standard InChI is InChI=1S/C15H14ClNO4S/c1-10(11-5-3-2-4-6-11)17-22(20,21)12-7-8-14(16)13(9-12)15(18)19/h2-10,17H,1H3,(H,18,19). The van der Waals surface area contributed by atoms with Crippen LogP contribution in [0.3, 0.4) is 0 Å². The quantitative estimate of drug-likeness (QED) is 0.876. The lowest BCUT2D eigenvalue weighted by molar-refractivity contribution is 0.0697. The van der Waals surface area contributed by atoms with Gasteiger partial charge in [-0.15, -0.1) is 0 Å². The topological polar surface area (TPSA) is 83.5 Å². The molecule has 0 amide bonds. The van der Waals surface area contributed by atoms with Crippen molar-refractivity contribution < 1.29 is 18.3 Å². The van der Waals surface area contributed by atoms with Crippen LogP contribution in [-0.4, -0.2) is 19.5 Å². The van der Waals surface area contributed by atoms with Crippen LogP contribution in [0.4, 0.5) is 0 Å². The Labute approximate surface area is 133 Å². The predicted octanol–water partition coefficient (Wildman–Crippen LogP) is 3.08. The first-order valence-corrected chi connectivity index (χ1v) is 8.27. The zero-order valence-electron chi connectivity index (χ0n) is 11.7. The highest BCUT2D eigenvalue weighted by atomic mass is 35.5. The number of nitrogens with one attached hydrogen (secondary N) is 1. The SMILES string of the molecule is CC(NS(=O)(=O)c1ccc(Cl)c(C(=O)O)c1)c1ccccc1. The van der Waals surface area contributed by atoms with E-state index in [0.29, 0.717) is 0 Å². The molecule has 0 aliphatic carbocycles. The van der Waals surface area contributed by atoms with Gasteiger partial charge >= 0.3 is 5.97 Å². The van der Waals surface area contributed by atoms with Gasteiger partial charge in [-0.05, 0) is 30.7 Å². The van der Waals surface area contributed by atoms with Crippen molar-refractivity contribution in [2.24, 2.45) is 0 Å². The molecule has 0 aliphatic rings. The van der Waals surface area contributed by atoms with E-state index in [-0.39, 0.29) is 15.5 Å². The van der Waals surface area contributed by atoms with Crippen molar-refractivity contribution in [3.8, 4) is 0 Å². The molecule has 2 aromatic rings. The predicted molar refractivity (Wildman–Crippen MR) is 83.6 cm³/mol. The highest BCUT2D eigenvalue weighted by Gasteiger charge is 2.21. The van der Waals surface area contributed by atoms with Gasteiger partial charge in [0.1, 0.15) is 0 Å². The third kappa shape index (κ3) is 3.65. The van der Waals surface area contributed by atoms with Gasteiger partial charge in [0.25, 0.3) is 0 Å². The number of aromatic carboxylic acids is 1. The molecule has 5 nitrogen and oxygen atoms in total. The second kappa shape index (κ2) is 6.48. The van der Waals surface area contributed by atoms with Gasteiger partial charge in [0.2, 0.25) is 10.0 Å². The fourth-order valence-corrected chi connectivity index (χ4v) is 3.40. The van der Waals surface area contributed by atoms with Crippen molar-refractivity contribution >= 4 is 27.6 Å². The summed E-state index contributed by atoms with van der Waals surface area (Å²) >= 11 is 5.75. The van der Waals surface area contributed by atoms with Crippen molar-refractivity contribution in [3.05, 3.63) is 64.7 Å². The Morgan fingerprint density at radius 3 is 2.41 bits per heavy atom. The van der Waals surface area contributed by atoms with Crippen LogP contribution in [0.15, 0.2) is 53.4 Å². The van der Waals surface area contributed by atoms with E-state index in [1.807, 2.05) is 18.2 Å². The Hall–Kier alpha value is -1.89. The minimum absolute atomic E-state index is 0.0115. The summed E-state index contributed by atoms with van der Waals surface area (Å²) in [5.41, 5.74) is 0.551. The molecule has 0 fully saturated rings. The van der Waals surface area contributed by atoms with E-state index in [9.17, 15) is 13.2 Å². The van der Waals surface area contributed by atoms with Crippen LogP contribution in [-0.2, 0) is 10.0 Å². The van der Waals surface area contributed by atoms with Gasteiger partial charge < -0.3 is 5.11 Å². The zero-order valence-corrected chi connectivity index (χ0v) is 13.2. The van der Waals surface area contributed by atoms with Crippen LogP contribution in [0.2, 0.25) is 5.02 Å². The number of rotatable bonds is 5. The van der Waals surface area contributed by atoms with E-state index in [2.05, 4.69) is 4.72 Å². The first-order chi connectivity index (χ1) is 10.3. The maximum absolute atomic E-state index is 12.4. The molecule has 2 rings (SSSR count). The van der Waals surface area contributed by atoms with E-state index in [1.54, 1.807) is 19.1 Å². The highest BCUT2D eigenvalue weighted by Crippen LogP contribution is 2.22. The summed E-state index contributed by atoms with van der Waals surface area (Å²) in [6.07, 6.45) is 0. The largest absolute Gasteiger partial charge is 0.478 e. The first-order valence-electron chi connectivity index (χ1n) is 6.41. The lowest BCUT2D eigenvalue weighted by Crippen LogP contribution is -2.27. The fourth-order valence-electron chi connectivity index (χ4n) is 1.95. The van der Waals surface area contributed by atoms with Crippen molar-refractivity contribution in [1.82, 2.24) is 4.72 Å². The van der Waals surface area contributed by atoms with Crippen LogP contribution >= 0.6 is 11.6 Å². The molecule has 1 unspecified atom stereocenters. The molecule has 116 valence electrons. The van der Waals surface area contributed by atoms with Crippen LogP contribution in [0.1, 0.15) is 28.9 Å². The molecule has 0 radical (unpaired) electrons. The van der Waals surface area contributed by atoms with Crippen LogP contribution in [0, 0.1) is 0 Å². The van der Waals surface area contributed by atoms with Gasteiger partial charge in [0, 0.05) is 6.04 Å². The molecule has 0 saturated heterocycles. The molecule has 0 aliphatic heterocycles. The van der Waals surface area contributed by atoms with Gasteiger partial charge in [0.05, 0.1) is 15.5 Å². The van der Waals surface area contributed by atoms with Crippen LogP contribution < -0.4 is 4.72 Å². The van der Waals surface area contributed by atoms with Crippen molar-refractivity contribution in [3.63, 3.8) is 0 Å². The lowest BCUT2D eigenvalue weighted by atomic mass is 10.1. The summed E-state index contributed by atoms with van der Waals surface area (Å²) < 4.78 is 27.2. The molecular formula is C15H14ClNO4S. The average Bonchev–Trinajstić information content (AvgIpc) is 2.47. The Bertz CT molecular complexity index is 790. The van der Waals surface area contributed by atoms with E-state index in [4.69, 9.17) is 16.7 Å². The molecule has 0 spiro atoms. The third-order valence-electron chi connectivity index (χ3n) is 3.11. The second-order valence-electron chi connectivity index (χ2n) is 4.70. The average molecular weight is 340 g/mol. The van der Waals surface area contributed by atoms with Crippen molar-refractivity contribution in [2.75, 3.05) is 0 Å². The number of halogens is 1. The molecule has 0 aromatic heterocycles. The van der Waals surface area contributed by atoms with E-state index >= 15 is 0 Å². The van der Waals surface area contributed by atoms with Gasteiger partial charge in [-0.2, -0.15) is 0 Å². The van der Waals surface area contributed by atoms with Gasteiger partial charge in [-0.25, -0.2) is 17.9 Å². The normalized spacial score (nSPS) is 12.8. The van der Waals surface area contributed by atoms with Crippen LogP contribution in [0.25, 0.3) is 0 Å². The van der Waals surface area contributed by atoms with E-state index < -0.39 is 22.0 Å². The Morgan fingerprint density at radius 1 is 1.18 bits per heavy atom. The molecule has 22 heavy (non-hydrogen) atoms. The lowest BCUT2D eigenvalue weighted by Gasteiger charge is -2.15. The number of hydrogen-bond acceptors (Lipinski definition) is 3. The molecule has 0 heterocycles. The fraction of sp³-hybridized carbons (Fsp3) is 0.133. The smallest absolute Gasteiger partial charge is 0.337 e. The minimum Gasteiger partial charge on any atom is -0.478 e.